The first-order valence-corrected chi connectivity index (χ1v) is 11.7. The second-order valence-corrected chi connectivity index (χ2v) is 8.73. The monoisotopic (exact) mass is 506 g/mol. The molecule has 0 aliphatic heterocycles. The molecule has 0 aliphatic carbocycles. The van der Waals surface area contributed by atoms with Gasteiger partial charge in [-0.1, -0.05) is 29.8 Å². The van der Waals surface area contributed by atoms with Crippen LogP contribution < -0.4 is 16.0 Å². The number of rotatable bonds is 11. The van der Waals surface area contributed by atoms with Crippen molar-refractivity contribution in [2.24, 2.45) is 0 Å². The Morgan fingerprint density at radius 3 is 2.39 bits per heavy atom. The summed E-state index contributed by atoms with van der Waals surface area (Å²) in [4.78, 5) is 39.2. The summed E-state index contributed by atoms with van der Waals surface area (Å²) >= 11 is 0. The van der Waals surface area contributed by atoms with Crippen molar-refractivity contribution in [2.75, 3.05) is 26.7 Å². The molecule has 1 atom stereocenters. The van der Waals surface area contributed by atoms with Gasteiger partial charge < -0.3 is 20.9 Å². The second kappa shape index (κ2) is 13.1. The summed E-state index contributed by atoms with van der Waals surface area (Å²) in [5, 5.41) is 7.60. The van der Waals surface area contributed by atoms with Gasteiger partial charge in [0.2, 0.25) is 11.8 Å². The molecular weight excluding hydrogens is 473 g/mol. The first-order chi connectivity index (χ1) is 16.9. The van der Waals surface area contributed by atoms with E-state index < -0.39 is 36.1 Å². The maximum absolute atomic E-state index is 12.9. The van der Waals surface area contributed by atoms with Gasteiger partial charge in [-0.15, -0.1) is 0 Å². The number of benzene rings is 2. The highest BCUT2D eigenvalue weighted by atomic mass is 19.4. The number of alkyl halides is 3. The highest BCUT2D eigenvalue weighted by Gasteiger charge is 2.31. The molecule has 0 fully saturated rings. The number of nitrogens with zero attached hydrogens (tertiary/aromatic N) is 1. The van der Waals surface area contributed by atoms with Gasteiger partial charge in [0, 0.05) is 25.2 Å². The Kier molecular flexibility index (Phi) is 10.5. The lowest BCUT2D eigenvalue weighted by Gasteiger charge is -2.23. The molecule has 0 aliphatic rings. The maximum atomic E-state index is 12.9. The van der Waals surface area contributed by atoms with E-state index in [0.717, 1.165) is 18.2 Å². The second-order valence-electron chi connectivity index (χ2n) is 8.73. The third-order valence-electron chi connectivity index (χ3n) is 5.60. The lowest BCUT2D eigenvalue weighted by molar-refractivity contribution is -0.137. The molecule has 196 valence electrons. The summed E-state index contributed by atoms with van der Waals surface area (Å²) in [6, 6.07) is 9.31. The van der Waals surface area contributed by atoms with Gasteiger partial charge in [-0.2, -0.15) is 13.2 Å². The summed E-state index contributed by atoms with van der Waals surface area (Å²) in [6.45, 7) is 6.93. The quantitative estimate of drug-likeness (QED) is 0.437. The third kappa shape index (κ3) is 8.99. The molecule has 0 saturated heterocycles. The summed E-state index contributed by atoms with van der Waals surface area (Å²) in [5.74, 6) is -1.79. The summed E-state index contributed by atoms with van der Waals surface area (Å²) in [5.41, 5.74) is 2.34. The Hall–Kier alpha value is -3.40. The molecular formula is C26H33F3N4O3. The fourth-order valence-corrected chi connectivity index (χ4v) is 3.65. The normalized spacial score (nSPS) is 12.2. The molecule has 3 N–H and O–H groups in total. The molecule has 2 rings (SSSR count). The summed E-state index contributed by atoms with van der Waals surface area (Å²) < 4.78 is 38.6. The molecule has 0 radical (unpaired) electrons. The molecule has 7 nitrogen and oxygen atoms in total. The Morgan fingerprint density at radius 1 is 1.03 bits per heavy atom. The number of likely N-dealkylation sites (N-methyl/N-ethyl adjacent to an activating group) is 1. The number of amides is 3. The van der Waals surface area contributed by atoms with Crippen molar-refractivity contribution in [3.63, 3.8) is 0 Å². The van der Waals surface area contributed by atoms with Crippen LogP contribution in [0.2, 0.25) is 0 Å². The molecule has 2 aromatic rings. The number of carbonyl (C=O) groups excluding carboxylic acids is 3. The lowest BCUT2D eigenvalue weighted by Crippen LogP contribution is -2.50. The SMILES string of the molecule is CCNC(=O)[C@H](CCN(C)Cc1ccc(C)cc1C)NC(=O)CNC(=O)c1cccc(C(F)(F)F)c1. The first kappa shape index (κ1) is 28.8. The zero-order valence-corrected chi connectivity index (χ0v) is 21.0. The van der Waals surface area contributed by atoms with Crippen LogP contribution in [0.25, 0.3) is 0 Å². The van der Waals surface area contributed by atoms with Crippen molar-refractivity contribution in [3.8, 4) is 0 Å². The van der Waals surface area contributed by atoms with Crippen LogP contribution in [0.5, 0.6) is 0 Å². The van der Waals surface area contributed by atoms with Crippen LogP contribution in [0.3, 0.4) is 0 Å². The molecule has 0 unspecified atom stereocenters. The van der Waals surface area contributed by atoms with E-state index in [9.17, 15) is 27.6 Å². The van der Waals surface area contributed by atoms with E-state index in [-0.39, 0.29) is 11.5 Å². The molecule has 0 saturated carbocycles. The number of aryl methyl sites for hydroxylation is 2. The first-order valence-electron chi connectivity index (χ1n) is 11.7. The molecule has 36 heavy (non-hydrogen) atoms. The Morgan fingerprint density at radius 2 is 1.75 bits per heavy atom. The predicted molar refractivity (Wildman–Crippen MR) is 131 cm³/mol. The molecule has 0 heterocycles. The Bertz CT molecular complexity index is 1070. The van der Waals surface area contributed by atoms with E-state index in [0.29, 0.717) is 26.1 Å². The Labute approximate surface area is 209 Å². The highest BCUT2D eigenvalue weighted by molar-refractivity contribution is 5.97. The molecule has 3 amide bonds. The van der Waals surface area contributed by atoms with Crippen LogP contribution in [0.4, 0.5) is 13.2 Å². The van der Waals surface area contributed by atoms with Crippen molar-refractivity contribution < 1.29 is 27.6 Å². The van der Waals surface area contributed by atoms with Crippen LogP contribution in [-0.2, 0) is 22.3 Å². The van der Waals surface area contributed by atoms with Gasteiger partial charge in [0.05, 0.1) is 12.1 Å². The number of hydrogen-bond donors (Lipinski definition) is 3. The zero-order valence-electron chi connectivity index (χ0n) is 21.0. The molecule has 0 aromatic heterocycles. The number of nitrogens with one attached hydrogen (secondary N) is 3. The number of halogens is 3. The van der Waals surface area contributed by atoms with Crippen LogP contribution in [0.1, 0.15) is 46.0 Å². The minimum atomic E-state index is -4.58. The average Bonchev–Trinajstić information content (AvgIpc) is 2.81. The van der Waals surface area contributed by atoms with E-state index in [1.54, 1.807) is 6.92 Å². The van der Waals surface area contributed by atoms with Crippen LogP contribution in [-0.4, -0.2) is 55.3 Å². The van der Waals surface area contributed by atoms with Crippen molar-refractivity contribution in [1.29, 1.82) is 0 Å². The smallest absolute Gasteiger partial charge is 0.355 e. The van der Waals surface area contributed by atoms with Gasteiger partial charge >= 0.3 is 6.18 Å². The maximum Gasteiger partial charge on any atom is 0.416 e. The van der Waals surface area contributed by atoms with E-state index in [2.05, 4.69) is 28.1 Å². The van der Waals surface area contributed by atoms with Crippen molar-refractivity contribution in [1.82, 2.24) is 20.9 Å². The topological polar surface area (TPSA) is 90.5 Å². The van der Waals surface area contributed by atoms with Gasteiger partial charge in [0.25, 0.3) is 5.91 Å². The summed E-state index contributed by atoms with van der Waals surface area (Å²) in [6.07, 6.45) is -4.25. The van der Waals surface area contributed by atoms with Gasteiger partial charge in [-0.05, 0) is 63.6 Å². The Balaban J connectivity index is 1.93. The minimum absolute atomic E-state index is 0.217. The molecule has 0 spiro atoms. The van der Waals surface area contributed by atoms with E-state index in [4.69, 9.17) is 0 Å². The average molecular weight is 507 g/mol. The van der Waals surface area contributed by atoms with Crippen molar-refractivity contribution >= 4 is 17.7 Å². The van der Waals surface area contributed by atoms with E-state index in [1.165, 1.54) is 22.8 Å². The number of carbonyl (C=O) groups is 3. The van der Waals surface area contributed by atoms with Gasteiger partial charge in [-0.25, -0.2) is 0 Å². The predicted octanol–water partition coefficient (Wildman–Crippen LogP) is 3.20. The van der Waals surface area contributed by atoms with E-state index in [1.807, 2.05) is 31.9 Å². The lowest BCUT2D eigenvalue weighted by atomic mass is 10.1. The summed E-state index contributed by atoms with van der Waals surface area (Å²) in [7, 11) is 1.92. The van der Waals surface area contributed by atoms with Gasteiger partial charge in [0.1, 0.15) is 6.04 Å². The highest BCUT2D eigenvalue weighted by Crippen LogP contribution is 2.29. The largest absolute Gasteiger partial charge is 0.416 e. The van der Waals surface area contributed by atoms with Crippen LogP contribution >= 0.6 is 0 Å². The van der Waals surface area contributed by atoms with Crippen LogP contribution in [0, 0.1) is 13.8 Å². The van der Waals surface area contributed by atoms with Crippen LogP contribution in [0.15, 0.2) is 42.5 Å². The van der Waals surface area contributed by atoms with Gasteiger partial charge in [-0.3, -0.25) is 14.4 Å². The van der Waals surface area contributed by atoms with Gasteiger partial charge in [0.15, 0.2) is 0 Å². The number of hydrogen-bond acceptors (Lipinski definition) is 4. The molecule has 2 aromatic carbocycles. The molecule has 10 heteroatoms. The third-order valence-corrected chi connectivity index (χ3v) is 5.60. The minimum Gasteiger partial charge on any atom is -0.355 e. The zero-order chi connectivity index (χ0) is 26.9. The molecule has 0 bridgehead atoms. The van der Waals surface area contributed by atoms with Crippen molar-refractivity contribution in [3.05, 3.63) is 70.3 Å². The van der Waals surface area contributed by atoms with E-state index >= 15 is 0 Å². The fourth-order valence-electron chi connectivity index (χ4n) is 3.65. The standard InChI is InChI=1S/C26H33F3N4O3/c1-5-30-25(36)22(11-12-33(4)16-20-10-9-17(2)13-18(20)3)32-23(34)15-31-24(35)19-7-6-8-21(14-19)26(27,28)29/h6-10,13-14,22H,5,11-12,15-16H2,1-4H3,(H,30,36)(H,31,35)(H,32,34)/t22-/m0/s1. The van der Waals surface area contributed by atoms with Crippen molar-refractivity contribution in [2.45, 2.75) is 46.0 Å². The fraction of sp³-hybridized carbons (Fsp3) is 0.423.